The zero-order valence-electron chi connectivity index (χ0n) is 32.8. The lowest BCUT2D eigenvalue weighted by molar-refractivity contribution is -0.318. The Hall–Kier alpha value is -1.29. The third kappa shape index (κ3) is 7.54. The Bertz CT molecular complexity index is 1600. The first-order chi connectivity index (χ1) is 26.3. The number of allylic oxidation sites excluding steroid dienone is 2. The van der Waals surface area contributed by atoms with Crippen molar-refractivity contribution in [3.8, 4) is 0 Å². The second-order valence-electron chi connectivity index (χ2n) is 18.2. The molecule has 0 radical (unpaired) electrons. The Balaban J connectivity index is 1.04. The van der Waals surface area contributed by atoms with E-state index in [4.69, 9.17) is 27.9 Å². The minimum Gasteiger partial charge on any atom is -0.726 e. The highest BCUT2D eigenvalue weighted by Crippen LogP contribution is 2.69. The van der Waals surface area contributed by atoms with Gasteiger partial charge in [-0.3, -0.25) is 4.18 Å². The van der Waals surface area contributed by atoms with Gasteiger partial charge in [0.15, 0.2) is 12.6 Å². The first kappa shape index (κ1) is 42.8. The third-order valence-electron chi connectivity index (χ3n) is 15.0. The lowest BCUT2D eigenvalue weighted by Crippen LogP contribution is -2.61. The van der Waals surface area contributed by atoms with Gasteiger partial charge >= 0.3 is 0 Å². The first-order valence-electron chi connectivity index (χ1n) is 20.3. The summed E-state index contributed by atoms with van der Waals surface area (Å²) in [7, 11) is -5.01. The van der Waals surface area contributed by atoms with E-state index < -0.39 is 96.0 Å². The van der Waals surface area contributed by atoms with E-state index in [2.05, 4.69) is 26.8 Å². The van der Waals surface area contributed by atoms with Gasteiger partial charge in [0.25, 0.3) is 0 Å². The molecule has 0 unspecified atom stereocenters. The van der Waals surface area contributed by atoms with E-state index >= 15 is 0 Å². The predicted molar refractivity (Wildman–Crippen MR) is 193 cm³/mol. The van der Waals surface area contributed by atoms with E-state index in [0.717, 1.165) is 43.4 Å². The van der Waals surface area contributed by atoms with Crippen molar-refractivity contribution < 1.29 is 76.6 Å². The van der Waals surface area contributed by atoms with Gasteiger partial charge in [0.1, 0.15) is 48.8 Å². The highest BCUT2D eigenvalue weighted by Gasteiger charge is 2.65. The van der Waals surface area contributed by atoms with Crippen LogP contribution in [-0.2, 0) is 38.3 Å². The maximum absolute atomic E-state index is 11.7. The predicted octanol–water partition coefficient (Wildman–Crippen LogP) is 0.749. The molecule has 3 heterocycles. The second kappa shape index (κ2) is 16.0. The van der Waals surface area contributed by atoms with E-state index in [9.17, 15) is 48.7 Å². The maximum atomic E-state index is 11.7. The van der Waals surface area contributed by atoms with Crippen LogP contribution in [0.15, 0.2) is 23.0 Å². The molecule has 16 nitrogen and oxygen atoms in total. The molecule has 5 fully saturated rings. The molecule has 3 saturated carbocycles. The van der Waals surface area contributed by atoms with Crippen LogP contribution >= 0.6 is 0 Å². The quantitative estimate of drug-likeness (QED) is 0.0863. The Kier molecular flexibility index (Phi) is 12.2. The number of aliphatic hydroxyl groups is 7. The van der Waals surface area contributed by atoms with Crippen LogP contribution in [0, 0.1) is 40.4 Å². The fraction of sp³-hybridized carbons (Fsp3) is 0.897. The summed E-state index contributed by atoms with van der Waals surface area (Å²) >= 11 is 0. The average Bonchev–Trinajstić information content (AvgIpc) is 3.62. The maximum Gasteiger partial charge on any atom is 0.217 e. The molecule has 0 aromatic rings. The standard InChI is InChI=1S/C39H62O16S/c1-17(16-50-36-34(45)33(44)31(42)27(15-40)53-36)6-9-25-18(2)29-26(52-25)14-24-22-8-7-20-12-21(55-56(47,48)49)13-28(39(20,5)23(22)10-11-38(24,29)4)54-37-35(46)32(43)30(41)19(3)51-37/h7,17,19,21-24,26-37,40-46H,6,8-16H2,1-5H3,(H,47,48,49)/p-1/t17-,19+,21+,22+,23-,24-,26-,27+,28+,29-,30-,31+,32-,33-,34+,35+,36+,37-,38-,39-/m0/s1. The summed E-state index contributed by atoms with van der Waals surface area (Å²) in [5, 5.41) is 71.7. The van der Waals surface area contributed by atoms with Crippen molar-refractivity contribution in [2.24, 2.45) is 40.4 Å². The molecule has 0 aromatic heterocycles. The van der Waals surface area contributed by atoms with Crippen molar-refractivity contribution in [3.05, 3.63) is 23.0 Å². The van der Waals surface area contributed by atoms with Crippen LogP contribution < -0.4 is 0 Å². The van der Waals surface area contributed by atoms with Crippen molar-refractivity contribution >= 4 is 10.4 Å². The zero-order valence-corrected chi connectivity index (χ0v) is 33.6. The van der Waals surface area contributed by atoms with Crippen LogP contribution in [-0.4, -0.2) is 142 Å². The molecule has 7 aliphatic rings. The molecule has 7 rings (SSSR count). The molecule has 4 aliphatic carbocycles. The molecule has 0 spiro atoms. The molecule has 56 heavy (non-hydrogen) atoms. The van der Waals surface area contributed by atoms with E-state index in [-0.39, 0.29) is 54.6 Å². The van der Waals surface area contributed by atoms with E-state index in [0.29, 0.717) is 12.3 Å². The molecule has 7 N–H and O–H groups in total. The van der Waals surface area contributed by atoms with Gasteiger partial charge in [-0.2, -0.15) is 0 Å². The van der Waals surface area contributed by atoms with Crippen molar-refractivity contribution in [1.29, 1.82) is 0 Å². The van der Waals surface area contributed by atoms with E-state index in [1.807, 2.05) is 6.92 Å². The summed E-state index contributed by atoms with van der Waals surface area (Å²) in [6, 6.07) is 0. The number of hydrogen-bond donors (Lipinski definition) is 7. The Morgan fingerprint density at radius 3 is 2.36 bits per heavy atom. The first-order valence-corrected chi connectivity index (χ1v) is 21.6. The lowest BCUT2D eigenvalue weighted by atomic mass is 9.46. The highest BCUT2D eigenvalue weighted by molar-refractivity contribution is 7.80. The summed E-state index contributed by atoms with van der Waals surface area (Å²) in [5.41, 5.74) is 1.55. The molecule has 0 aromatic carbocycles. The van der Waals surface area contributed by atoms with Gasteiger partial charge in [0, 0.05) is 24.2 Å². The fourth-order valence-electron chi connectivity index (χ4n) is 11.9. The minimum absolute atomic E-state index is 0.0243. The molecule has 0 bridgehead atoms. The lowest BCUT2D eigenvalue weighted by Gasteiger charge is -2.60. The zero-order chi connectivity index (χ0) is 40.6. The van der Waals surface area contributed by atoms with E-state index in [1.54, 1.807) is 6.92 Å². The SMILES string of the molecule is CC1=C(CC[C@H](C)CO[C@@H]2O[C@H](CO)[C@@H](O)[C@H](O)[C@H]2O)O[C@H]2C[C@H]3[C@@H]4CC=C5C[C@@H](OS(=O)(=O)[O-])C[C@@H](O[C@@H]6O[C@H](C)[C@H](O)[C@H](O)[C@H]6O)[C@]5(C)[C@H]4CC[C@]3(C)[C@@H]12. The molecule has 320 valence electrons. The summed E-state index contributed by atoms with van der Waals surface area (Å²) in [5.74, 6) is 1.97. The number of rotatable bonds is 11. The Morgan fingerprint density at radius 2 is 1.66 bits per heavy atom. The summed E-state index contributed by atoms with van der Waals surface area (Å²) in [6.45, 7) is 9.97. The topological polar surface area (TPSA) is 254 Å². The second-order valence-corrected chi connectivity index (χ2v) is 19.2. The minimum atomic E-state index is -5.01. The number of ether oxygens (including phenoxy) is 5. The largest absolute Gasteiger partial charge is 0.726 e. The summed E-state index contributed by atoms with van der Waals surface area (Å²) in [4.78, 5) is 0. The van der Waals surface area contributed by atoms with E-state index in [1.165, 1.54) is 5.57 Å². The normalized spacial score (nSPS) is 49.7. The Morgan fingerprint density at radius 1 is 0.964 bits per heavy atom. The average molecular weight is 818 g/mol. The van der Waals surface area contributed by atoms with Gasteiger partial charge in [0.05, 0.1) is 37.3 Å². The number of fused-ring (bicyclic) bond motifs is 7. The molecule has 3 aliphatic heterocycles. The highest BCUT2D eigenvalue weighted by atomic mass is 32.3. The fourth-order valence-corrected chi connectivity index (χ4v) is 12.4. The van der Waals surface area contributed by atoms with Gasteiger partial charge in [-0.1, -0.05) is 32.4 Å². The van der Waals surface area contributed by atoms with Crippen molar-refractivity contribution in [1.82, 2.24) is 0 Å². The molecular formula is C39H61O16S-. The molecular weight excluding hydrogens is 756 g/mol. The number of aliphatic hydroxyl groups excluding tert-OH is 7. The monoisotopic (exact) mass is 817 g/mol. The van der Waals surface area contributed by atoms with Gasteiger partial charge in [0.2, 0.25) is 10.4 Å². The van der Waals surface area contributed by atoms with Gasteiger partial charge in [-0.25, -0.2) is 8.42 Å². The van der Waals surface area contributed by atoms with Gasteiger partial charge < -0.3 is 64.0 Å². The molecule has 0 amide bonds. The van der Waals surface area contributed by atoms with Crippen LogP contribution in [0.25, 0.3) is 0 Å². The van der Waals surface area contributed by atoms with Crippen molar-refractivity contribution in [2.45, 2.75) is 166 Å². The van der Waals surface area contributed by atoms with Crippen LogP contribution in [0.4, 0.5) is 0 Å². The molecule has 20 atom stereocenters. The smallest absolute Gasteiger partial charge is 0.217 e. The van der Waals surface area contributed by atoms with Crippen molar-refractivity contribution in [2.75, 3.05) is 13.2 Å². The molecule has 2 saturated heterocycles. The molecule has 17 heteroatoms. The Labute approximate surface area is 328 Å². The summed E-state index contributed by atoms with van der Waals surface area (Å²) in [6.07, 6.45) is -7.42. The van der Waals surface area contributed by atoms with Gasteiger partial charge in [-0.15, -0.1) is 0 Å². The van der Waals surface area contributed by atoms with Crippen LogP contribution in [0.1, 0.15) is 86.0 Å². The third-order valence-corrected chi connectivity index (χ3v) is 15.5. The van der Waals surface area contributed by atoms with Crippen LogP contribution in [0.3, 0.4) is 0 Å². The van der Waals surface area contributed by atoms with Crippen LogP contribution in [0.5, 0.6) is 0 Å². The van der Waals surface area contributed by atoms with Gasteiger partial charge in [-0.05, 0) is 87.0 Å². The van der Waals surface area contributed by atoms with Crippen LogP contribution in [0.2, 0.25) is 0 Å². The van der Waals surface area contributed by atoms with Crippen molar-refractivity contribution in [3.63, 3.8) is 0 Å². The summed E-state index contributed by atoms with van der Waals surface area (Å²) < 4.78 is 70.6. The number of hydrogen-bond acceptors (Lipinski definition) is 16.